The molecule has 1 saturated carbocycles. The van der Waals surface area contributed by atoms with Crippen molar-refractivity contribution in [2.45, 2.75) is 56.0 Å². The van der Waals surface area contributed by atoms with Crippen LogP contribution in [-0.4, -0.2) is 21.9 Å². The molecule has 3 rings (SSSR count). The lowest BCUT2D eigenvalue weighted by molar-refractivity contribution is -0.121. The van der Waals surface area contributed by atoms with Gasteiger partial charge in [-0.2, -0.15) is 0 Å². The molecule has 1 aliphatic carbocycles. The van der Waals surface area contributed by atoms with Crippen molar-refractivity contribution in [3.8, 4) is 0 Å². The van der Waals surface area contributed by atoms with Gasteiger partial charge >= 0.3 is 0 Å². The number of carbonyl (C=O) groups excluding carboxylic acids is 1. The number of benzene rings is 1. The minimum Gasteiger partial charge on any atom is -0.352 e. The van der Waals surface area contributed by atoms with E-state index in [4.69, 9.17) is 0 Å². The van der Waals surface area contributed by atoms with E-state index in [1.807, 2.05) is 50.2 Å². The van der Waals surface area contributed by atoms with Crippen LogP contribution in [0.15, 0.2) is 41.6 Å². The molecule has 0 radical (unpaired) electrons. The van der Waals surface area contributed by atoms with Gasteiger partial charge < -0.3 is 5.32 Å². The number of nitrogens with one attached hydrogen (secondary N) is 1. The first kappa shape index (κ1) is 17.0. The van der Waals surface area contributed by atoms with Gasteiger partial charge in [-0.15, -0.1) is 0 Å². The zero-order valence-corrected chi connectivity index (χ0v) is 15.0. The lowest BCUT2D eigenvalue weighted by Gasteiger charge is -2.19. The molecule has 5 heteroatoms. The quantitative estimate of drug-likeness (QED) is 0.660. The Labute approximate surface area is 147 Å². The highest BCUT2D eigenvalue weighted by atomic mass is 32.2. The van der Waals surface area contributed by atoms with Crippen LogP contribution in [0.1, 0.15) is 47.9 Å². The van der Waals surface area contributed by atoms with Gasteiger partial charge in [-0.1, -0.05) is 54.9 Å². The van der Waals surface area contributed by atoms with Gasteiger partial charge in [-0.3, -0.25) is 4.79 Å². The summed E-state index contributed by atoms with van der Waals surface area (Å²) in [5, 5.41) is 3.54. The van der Waals surface area contributed by atoms with Crippen molar-refractivity contribution in [3.63, 3.8) is 0 Å². The molecule has 2 aromatic rings. The molecule has 0 saturated heterocycles. The minimum absolute atomic E-state index is 0.0564. The van der Waals surface area contributed by atoms with Crippen LogP contribution in [0.5, 0.6) is 0 Å². The maximum Gasteiger partial charge on any atom is 0.238 e. The number of thioether (sulfide) groups is 1. The van der Waals surface area contributed by atoms with Gasteiger partial charge in [0.1, 0.15) is 5.25 Å². The average molecular weight is 341 g/mol. The maximum atomic E-state index is 12.9. The largest absolute Gasteiger partial charge is 0.352 e. The number of hydrogen-bond acceptors (Lipinski definition) is 4. The SMILES string of the molecule is Cc1cc(C)nc(S[C@H](C(=O)NC2CCCC2)c2ccccc2)n1. The van der Waals surface area contributed by atoms with Crippen LogP contribution in [0, 0.1) is 13.8 Å². The Hall–Kier alpha value is -1.88. The van der Waals surface area contributed by atoms with Crippen molar-refractivity contribution < 1.29 is 4.79 Å². The summed E-state index contributed by atoms with van der Waals surface area (Å²) < 4.78 is 0. The van der Waals surface area contributed by atoms with E-state index in [0.717, 1.165) is 29.8 Å². The van der Waals surface area contributed by atoms with Crippen molar-refractivity contribution in [2.75, 3.05) is 0 Å². The average Bonchev–Trinajstić information content (AvgIpc) is 3.05. The topological polar surface area (TPSA) is 54.9 Å². The molecule has 1 aliphatic rings. The fraction of sp³-hybridized carbons (Fsp3) is 0.421. The predicted molar refractivity (Wildman–Crippen MR) is 96.9 cm³/mol. The standard InChI is InChI=1S/C19H23N3OS/c1-13-12-14(2)21-19(20-13)24-17(15-8-4-3-5-9-15)18(23)22-16-10-6-7-11-16/h3-5,8-9,12,16-17H,6-7,10-11H2,1-2H3,(H,22,23)/t17-/m0/s1. The number of carbonyl (C=O) groups is 1. The van der Waals surface area contributed by atoms with Gasteiger partial charge in [0.25, 0.3) is 0 Å². The lowest BCUT2D eigenvalue weighted by Crippen LogP contribution is -2.35. The molecule has 0 spiro atoms. The highest BCUT2D eigenvalue weighted by Gasteiger charge is 2.26. The number of aromatic nitrogens is 2. The number of rotatable bonds is 5. The first-order valence-corrected chi connectivity index (χ1v) is 9.34. The van der Waals surface area contributed by atoms with Crippen LogP contribution < -0.4 is 5.32 Å². The summed E-state index contributed by atoms with van der Waals surface area (Å²) in [7, 11) is 0. The Balaban J connectivity index is 1.82. The summed E-state index contributed by atoms with van der Waals surface area (Å²) in [6.07, 6.45) is 4.57. The van der Waals surface area contributed by atoms with E-state index in [0.29, 0.717) is 11.2 Å². The van der Waals surface area contributed by atoms with Crippen LogP contribution in [0.4, 0.5) is 0 Å². The Morgan fingerprint density at radius 1 is 1.12 bits per heavy atom. The maximum absolute atomic E-state index is 12.9. The molecule has 24 heavy (non-hydrogen) atoms. The summed E-state index contributed by atoms with van der Waals surface area (Å²) in [6.45, 7) is 3.91. The fourth-order valence-corrected chi connectivity index (χ4v) is 4.17. The van der Waals surface area contributed by atoms with Gasteiger partial charge in [0, 0.05) is 17.4 Å². The molecule has 1 N–H and O–H groups in total. The Morgan fingerprint density at radius 2 is 1.75 bits per heavy atom. The van der Waals surface area contributed by atoms with Gasteiger partial charge in [0.05, 0.1) is 0 Å². The molecular weight excluding hydrogens is 318 g/mol. The normalized spacial score (nSPS) is 16.1. The Bertz CT molecular complexity index is 679. The third kappa shape index (κ3) is 4.35. The highest BCUT2D eigenvalue weighted by molar-refractivity contribution is 8.00. The van der Waals surface area contributed by atoms with Crippen LogP contribution >= 0.6 is 11.8 Å². The number of hydrogen-bond donors (Lipinski definition) is 1. The van der Waals surface area contributed by atoms with Gasteiger partial charge in [-0.25, -0.2) is 9.97 Å². The van der Waals surface area contributed by atoms with Gasteiger partial charge in [0.15, 0.2) is 5.16 Å². The van der Waals surface area contributed by atoms with E-state index in [9.17, 15) is 4.79 Å². The van der Waals surface area contributed by atoms with Crippen LogP contribution in [0.25, 0.3) is 0 Å². The van der Waals surface area contributed by atoms with E-state index in [1.54, 1.807) is 0 Å². The van der Waals surface area contributed by atoms with Crippen LogP contribution in [0.3, 0.4) is 0 Å². The van der Waals surface area contributed by atoms with E-state index in [2.05, 4.69) is 15.3 Å². The Morgan fingerprint density at radius 3 is 2.38 bits per heavy atom. The van der Waals surface area contributed by atoms with E-state index >= 15 is 0 Å². The van der Waals surface area contributed by atoms with Crippen molar-refractivity contribution in [3.05, 3.63) is 53.3 Å². The summed E-state index contributed by atoms with van der Waals surface area (Å²) in [5.74, 6) is 0.0564. The van der Waals surface area contributed by atoms with Crippen molar-refractivity contribution in [2.24, 2.45) is 0 Å². The molecular formula is C19H23N3OS. The molecule has 1 aromatic carbocycles. The molecule has 1 heterocycles. The first-order valence-electron chi connectivity index (χ1n) is 8.46. The van der Waals surface area contributed by atoms with E-state index in [1.165, 1.54) is 24.6 Å². The van der Waals surface area contributed by atoms with Crippen LogP contribution in [-0.2, 0) is 4.79 Å². The molecule has 4 nitrogen and oxygen atoms in total. The Kier molecular flexibility index (Phi) is 5.51. The monoisotopic (exact) mass is 341 g/mol. The summed E-state index contributed by atoms with van der Waals surface area (Å²) in [5.41, 5.74) is 2.83. The van der Waals surface area contributed by atoms with Crippen LogP contribution in [0.2, 0.25) is 0 Å². The number of amides is 1. The second-order valence-electron chi connectivity index (χ2n) is 6.33. The van der Waals surface area contributed by atoms with Gasteiger partial charge in [0.2, 0.25) is 5.91 Å². The predicted octanol–water partition coefficient (Wildman–Crippen LogP) is 3.99. The molecule has 1 aromatic heterocycles. The molecule has 1 fully saturated rings. The molecule has 0 aliphatic heterocycles. The van der Waals surface area contributed by atoms with Crippen molar-refractivity contribution in [1.82, 2.24) is 15.3 Å². The summed E-state index contributed by atoms with van der Waals surface area (Å²) in [6, 6.07) is 12.1. The molecule has 1 atom stereocenters. The molecule has 0 bridgehead atoms. The second-order valence-corrected chi connectivity index (χ2v) is 7.40. The van der Waals surface area contributed by atoms with Crippen molar-refractivity contribution in [1.29, 1.82) is 0 Å². The van der Waals surface area contributed by atoms with E-state index < -0.39 is 0 Å². The fourth-order valence-electron chi connectivity index (χ4n) is 3.10. The second kappa shape index (κ2) is 7.79. The lowest BCUT2D eigenvalue weighted by atomic mass is 10.1. The first-order chi connectivity index (χ1) is 11.6. The van der Waals surface area contributed by atoms with Crippen molar-refractivity contribution >= 4 is 17.7 Å². The molecule has 0 unspecified atom stereocenters. The molecule has 126 valence electrons. The number of nitrogens with zero attached hydrogens (tertiary/aromatic N) is 2. The minimum atomic E-state index is -0.326. The van der Waals surface area contributed by atoms with Gasteiger partial charge in [-0.05, 0) is 38.3 Å². The molecule has 1 amide bonds. The van der Waals surface area contributed by atoms with E-state index in [-0.39, 0.29) is 11.2 Å². The highest BCUT2D eigenvalue weighted by Crippen LogP contribution is 2.34. The number of aryl methyl sites for hydroxylation is 2. The zero-order chi connectivity index (χ0) is 16.9. The third-order valence-electron chi connectivity index (χ3n) is 4.23. The third-order valence-corrected chi connectivity index (χ3v) is 5.34. The summed E-state index contributed by atoms with van der Waals surface area (Å²) in [4.78, 5) is 21.9. The summed E-state index contributed by atoms with van der Waals surface area (Å²) >= 11 is 1.43. The smallest absolute Gasteiger partial charge is 0.238 e. The zero-order valence-electron chi connectivity index (χ0n) is 14.2.